The number of nitrogen functional groups attached to an aromatic ring is 1. The highest BCUT2D eigenvalue weighted by Crippen LogP contribution is 2.29. The molecule has 0 unspecified atom stereocenters. The number of benzene rings is 2. The van der Waals surface area contributed by atoms with E-state index < -0.39 is 5.82 Å². The Balaban J connectivity index is 1.23. The SMILES string of the molecule is Nc1ncc(-c2ccc(C(=O)N3CCC(N4CCCC4)CC3)cc2)cc1OCc1cccc(Cl)c1F. The molecule has 3 heterocycles. The lowest BCUT2D eigenvalue weighted by Gasteiger charge is -2.36. The van der Waals surface area contributed by atoms with Gasteiger partial charge in [-0.1, -0.05) is 35.9 Å². The van der Waals surface area contributed by atoms with Gasteiger partial charge in [0.2, 0.25) is 0 Å². The van der Waals surface area contributed by atoms with Crippen LogP contribution in [-0.4, -0.2) is 52.9 Å². The van der Waals surface area contributed by atoms with E-state index in [1.54, 1.807) is 24.4 Å². The van der Waals surface area contributed by atoms with Gasteiger partial charge in [0.1, 0.15) is 12.4 Å². The fraction of sp³-hybridized carbons (Fsp3) is 0.357. The van der Waals surface area contributed by atoms with Gasteiger partial charge in [0.25, 0.3) is 5.91 Å². The average molecular weight is 509 g/mol. The summed E-state index contributed by atoms with van der Waals surface area (Å²) >= 11 is 5.85. The van der Waals surface area contributed by atoms with E-state index in [0.29, 0.717) is 22.9 Å². The summed E-state index contributed by atoms with van der Waals surface area (Å²) < 4.78 is 19.9. The summed E-state index contributed by atoms with van der Waals surface area (Å²) in [5, 5.41) is 0.0431. The number of amides is 1. The number of carbonyl (C=O) groups is 1. The molecule has 0 aliphatic carbocycles. The molecule has 0 radical (unpaired) electrons. The molecule has 2 N–H and O–H groups in total. The Morgan fingerprint density at radius 1 is 1.06 bits per heavy atom. The van der Waals surface area contributed by atoms with Crippen LogP contribution in [0.3, 0.4) is 0 Å². The highest BCUT2D eigenvalue weighted by Gasteiger charge is 2.28. The van der Waals surface area contributed by atoms with Crippen molar-refractivity contribution in [2.75, 3.05) is 31.9 Å². The van der Waals surface area contributed by atoms with Crippen molar-refractivity contribution >= 4 is 23.3 Å². The lowest BCUT2D eigenvalue weighted by Crippen LogP contribution is -2.45. The molecule has 2 aromatic carbocycles. The first-order valence-electron chi connectivity index (χ1n) is 12.4. The molecule has 2 aliphatic heterocycles. The molecule has 0 atom stereocenters. The molecule has 0 spiro atoms. The fourth-order valence-electron chi connectivity index (χ4n) is 5.07. The second kappa shape index (κ2) is 10.8. The van der Waals surface area contributed by atoms with Crippen molar-refractivity contribution in [3.8, 4) is 16.9 Å². The number of rotatable bonds is 6. The summed E-state index contributed by atoms with van der Waals surface area (Å²) in [6.45, 7) is 3.98. The maximum atomic E-state index is 14.2. The maximum Gasteiger partial charge on any atom is 0.253 e. The van der Waals surface area contributed by atoms with Crippen LogP contribution in [0.15, 0.2) is 54.7 Å². The molecule has 0 saturated carbocycles. The molecule has 1 aromatic heterocycles. The van der Waals surface area contributed by atoms with E-state index in [2.05, 4.69) is 9.88 Å². The van der Waals surface area contributed by atoms with Crippen LogP contribution in [0.4, 0.5) is 10.2 Å². The predicted molar refractivity (Wildman–Crippen MR) is 140 cm³/mol. The number of pyridine rings is 1. The Kier molecular flexibility index (Phi) is 7.39. The van der Waals surface area contributed by atoms with Gasteiger partial charge in [0.15, 0.2) is 11.6 Å². The van der Waals surface area contributed by atoms with Crippen LogP contribution >= 0.6 is 11.6 Å². The standard InChI is InChI=1S/C28H30ClFN4O2/c29-24-5-3-4-21(26(24)30)18-36-25-16-22(17-32-27(25)31)19-6-8-20(9-7-19)28(35)34-14-10-23(11-15-34)33-12-1-2-13-33/h3-9,16-17,23H,1-2,10-15,18H2,(H2,31,32). The molecular weight excluding hydrogens is 479 g/mol. The molecule has 5 rings (SSSR count). The number of nitrogens with zero attached hydrogens (tertiary/aromatic N) is 3. The molecule has 2 fully saturated rings. The average Bonchev–Trinajstić information content (AvgIpc) is 3.45. The molecule has 36 heavy (non-hydrogen) atoms. The summed E-state index contributed by atoms with van der Waals surface area (Å²) in [4.78, 5) is 21.9. The van der Waals surface area contributed by atoms with Gasteiger partial charge in [0, 0.05) is 42.0 Å². The molecular formula is C28H30ClFN4O2. The van der Waals surface area contributed by atoms with Gasteiger partial charge in [-0.25, -0.2) is 9.37 Å². The van der Waals surface area contributed by atoms with E-state index in [1.165, 1.54) is 32.0 Å². The van der Waals surface area contributed by atoms with Crippen LogP contribution in [0.2, 0.25) is 5.02 Å². The Bertz CT molecular complexity index is 1220. The van der Waals surface area contributed by atoms with Gasteiger partial charge >= 0.3 is 0 Å². The van der Waals surface area contributed by atoms with Gasteiger partial charge in [-0.2, -0.15) is 0 Å². The molecule has 0 bridgehead atoms. The minimum Gasteiger partial charge on any atom is -0.485 e. The van der Waals surface area contributed by atoms with Crippen molar-refractivity contribution in [2.45, 2.75) is 38.3 Å². The lowest BCUT2D eigenvalue weighted by molar-refractivity contribution is 0.0644. The second-order valence-electron chi connectivity index (χ2n) is 9.45. The quantitative estimate of drug-likeness (QED) is 0.482. The molecule has 8 heteroatoms. The van der Waals surface area contributed by atoms with Crippen molar-refractivity contribution < 1.29 is 13.9 Å². The summed E-state index contributed by atoms with van der Waals surface area (Å²) in [5.41, 5.74) is 8.66. The predicted octanol–water partition coefficient (Wildman–Crippen LogP) is 5.40. The van der Waals surface area contributed by atoms with E-state index in [0.717, 1.165) is 37.1 Å². The van der Waals surface area contributed by atoms with E-state index in [-0.39, 0.29) is 23.4 Å². The number of ether oxygens (including phenoxy) is 1. The molecule has 6 nitrogen and oxygen atoms in total. The third-order valence-corrected chi connectivity index (χ3v) is 7.46. The van der Waals surface area contributed by atoms with Crippen LogP contribution in [0, 0.1) is 5.82 Å². The summed E-state index contributed by atoms with van der Waals surface area (Å²) in [6.07, 6.45) is 6.33. The van der Waals surface area contributed by atoms with Crippen LogP contribution in [0.5, 0.6) is 5.75 Å². The monoisotopic (exact) mass is 508 g/mol. The number of anilines is 1. The van der Waals surface area contributed by atoms with E-state index in [1.807, 2.05) is 29.2 Å². The van der Waals surface area contributed by atoms with Gasteiger partial charge in [-0.15, -0.1) is 0 Å². The lowest BCUT2D eigenvalue weighted by atomic mass is 10.0. The zero-order valence-corrected chi connectivity index (χ0v) is 20.9. The van der Waals surface area contributed by atoms with Crippen molar-refractivity contribution in [2.24, 2.45) is 0 Å². The first-order valence-corrected chi connectivity index (χ1v) is 12.8. The summed E-state index contributed by atoms with van der Waals surface area (Å²) in [7, 11) is 0. The van der Waals surface area contributed by atoms with E-state index >= 15 is 0 Å². The number of halogens is 2. The molecule has 2 aliphatic rings. The second-order valence-corrected chi connectivity index (χ2v) is 9.86. The number of hydrogen-bond acceptors (Lipinski definition) is 5. The minimum absolute atomic E-state index is 0.0242. The molecule has 188 valence electrons. The summed E-state index contributed by atoms with van der Waals surface area (Å²) in [6, 6.07) is 14.6. The molecule has 1 amide bonds. The van der Waals surface area contributed by atoms with Gasteiger partial charge in [-0.3, -0.25) is 4.79 Å². The largest absolute Gasteiger partial charge is 0.485 e. The zero-order valence-electron chi connectivity index (χ0n) is 20.1. The van der Waals surface area contributed by atoms with E-state index in [4.69, 9.17) is 22.1 Å². The summed E-state index contributed by atoms with van der Waals surface area (Å²) in [5.74, 6) is 0.130. The molecule has 3 aromatic rings. The van der Waals surface area contributed by atoms with Gasteiger partial charge in [-0.05, 0) is 68.6 Å². The third-order valence-electron chi connectivity index (χ3n) is 7.17. The first-order chi connectivity index (χ1) is 17.5. The molecule has 2 saturated heterocycles. The third kappa shape index (κ3) is 5.32. The smallest absolute Gasteiger partial charge is 0.253 e. The Morgan fingerprint density at radius 3 is 2.50 bits per heavy atom. The van der Waals surface area contributed by atoms with Gasteiger partial charge < -0.3 is 20.3 Å². The maximum absolute atomic E-state index is 14.2. The van der Waals surface area contributed by atoms with Crippen molar-refractivity contribution in [1.82, 2.24) is 14.8 Å². The number of hydrogen-bond donors (Lipinski definition) is 1. The number of piperidine rings is 1. The Morgan fingerprint density at radius 2 is 1.78 bits per heavy atom. The van der Waals surface area contributed by atoms with E-state index in [9.17, 15) is 9.18 Å². The highest BCUT2D eigenvalue weighted by atomic mass is 35.5. The normalized spacial score (nSPS) is 16.9. The number of nitrogens with two attached hydrogens (primary N) is 1. The van der Waals surface area contributed by atoms with Crippen LogP contribution in [0.25, 0.3) is 11.1 Å². The minimum atomic E-state index is -0.512. The Hall–Kier alpha value is -3.16. The van der Waals surface area contributed by atoms with Crippen molar-refractivity contribution in [3.63, 3.8) is 0 Å². The number of carbonyl (C=O) groups excluding carboxylic acids is 1. The highest BCUT2D eigenvalue weighted by molar-refractivity contribution is 6.30. The van der Waals surface area contributed by atoms with Crippen LogP contribution in [-0.2, 0) is 6.61 Å². The van der Waals surface area contributed by atoms with Crippen molar-refractivity contribution in [1.29, 1.82) is 0 Å². The topological polar surface area (TPSA) is 71.7 Å². The first kappa shape index (κ1) is 24.5. The van der Waals surface area contributed by atoms with Crippen molar-refractivity contribution in [3.05, 3.63) is 76.7 Å². The fourth-order valence-corrected chi connectivity index (χ4v) is 5.27. The zero-order chi connectivity index (χ0) is 25.1. The van der Waals surface area contributed by atoms with Crippen LogP contribution < -0.4 is 10.5 Å². The number of likely N-dealkylation sites (tertiary alicyclic amines) is 2. The number of aromatic nitrogens is 1. The Labute approximate surface area is 215 Å². The van der Waals surface area contributed by atoms with Gasteiger partial charge in [0.05, 0.1) is 5.02 Å². The van der Waals surface area contributed by atoms with Crippen LogP contribution in [0.1, 0.15) is 41.6 Å².